The summed E-state index contributed by atoms with van der Waals surface area (Å²) in [6.07, 6.45) is -0.160. The summed E-state index contributed by atoms with van der Waals surface area (Å²) in [4.78, 5) is 4.93. The molecule has 1 aromatic rings. The molecule has 0 aliphatic rings. The number of hydrogen-bond donors (Lipinski definition) is 0. The normalized spacial score (nSPS) is 12.2. The fraction of sp³-hybridized carbons (Fsp3) is 0.222. The molecule has 0 aliphatic heterocycles. The molecule has 1 atom stereocenters. The van der Waals surface area contributed by atoms with Crippen molar-refractivity contribution in [2.75, 3.05) is 0 Å². The second-order valence-electron chi connectivity index (χ2n) is 2.55. The van der Waals surface area contributed by atoms with Gasteiger partial charge >= 0.3 is 0 Å². The van der Waals surface area contributed by atoms with Crippen molar-refractivity contribution in [2.45, 2.75) is 13.0 Å². The third kappa shape index (κ3) is 2.61. The van der Waals surface area contributed by atoms with E-state index >= 15 is 0 Å². The Bertz CT molecular complexity index is 314. The van der Waals surface area contributed by atoms with Gasteiger partial charge in [-0.2, -0.15) is 0 Å². The molecule has 1 rings (SSSR count). The molecule has 0 amide bonds. The van der Waals surface area contributed by atoms with Crippen LogP contribution in [0, 0.1) is 0 Å². The zero-order valence-corrected chi connectivity index (χ0v) is 8.64. The monoisotopic (exact) mass is 217 g/mol. The van der Waals surface area contributed by atoms with Gasteiger partial charge in [0, 0.05) is 6.72 Å². The second kappa shape index (κ2) is 4.49. The Hall–Kier alpha value is -0.730. The molecule has 0 radical (unpaired) electrons. The van der Waals surface area contributed by atoms with Gasteiger partial charge in [0.1, 0.15) is 6.10 Å². The lowest BCUT2D eigenvalue weighted by Crippen LogP contribution is -1.94. The first-order chi connectivity index (χ1) is 6.15. The van der Waals surface area contributed by atoms with E-state index in [9.17, 15) is 0 Å². The Morgan fingerprint density at radius 2 is 2.08 bits per heavy atom. The molecule has 0 saturated carbocycles. The van der Waals surface area contributed by atoms with Crippen LogP contribution in [0.5, 0.6) is 0 Å². The van der Waals surface area contributed by atoms with Crippen LogP contribution in [0.2, 0.25) is 10.0 Å². The second-order valence-corrected chi connectivity index (χ2v) is 3.36. The largest absolute Gasteiger partial charge is 0.389 e. The fourth-order valence-corrected chi connectivity index (χ4v) is 1.24. The molecule has 0 aromatic heterocycles. The molecular formula is C9H9Cl2NO. The zero-order chi connectivity index (χ0) is 9.84. The van der Waals surface area contributed by atoms with Crippen LogP contribution in [0.25, 0.3) is 0 Å². The first-order valence-corrected chi connectivity index (χ1v) is 4.47. The van der Waals surface area contributed by atoms with Crippen molar-refractivity contribution in [2.24, 2.45) is 5.16 Å². The molecule has 4 heteroatoms. The van der Waals surface area contributed by atoms with Crippen LogP contribution in [0.1, 0.15) is 18.6 Å². The summed E-state index contributed by atoms with van der Waals surface area (Å²) in [5.74, 6) is 0. The van der Waals surface area contributed by atoms with Crippen molar-refractivity contribution in [1.29, 1.82) is 0 Å². The minimum absolute atomic E-state index is 0.160. The average Bonchev–Trinajstić information content (AvgIpc) is 2.10. The number of benzene rings is 1. The van der Waals surface area contributed by atoms with Gasteiger partial charge in [0.15, 0.2) is 0 Å². The van der Waals surface area contributed by atoms with Gasteiger partial charge < -0.3 is 4.84 Å². The standard InChI is InChI=1S/C9H9Cl2NO/c1-6(13-12-2)7-3-4-8(10)9(11)5-7/h3-6H,2H2,1H3. The summed E-state index contributed by atoms with van der Waals surface area (Å²) >= 11 is 11.6. The highest BCUT2D eigenvalue weighted by Gasteiger charge is 2.07. The SMILES string of the molecule is C=NOC(C)c1ccc(Cl)c(Cl)c1. The van der Waals surface area contributed by atoms with Crippen LogP contribution < -0.4 is 0 Å². The van der Waals surface area contributed by atoms with E-state index in [0.29, 0.717) is 10.0 Å². The van der Waals surface area contributed by atoms with Gasteiger partial charge in [0.25, 0.3) is 0 Å². The minimum atomic E-state index is -0.160. The Labute approximate surface area is 87.1 Å². The maximum Gasteiger partial charge on any atom is 0.149 e. The van der Waals surface area contributed by atoms with Gasteiger partial charge in [0.05, 0.1) is 10.0 Å². The van der Waals surface area contributed by atoms with E-state index in [1.807, 2.05) is 13.0 Å². The highest BCUT2D eigenvalue weighted by Crippen LogP contribution is 2.26. The molecule has 0 N–H and O–H groups in total. The summed E-state index contributed by atoms with van der Waals surface area (Å²) in [6.45, 7) is 5.09. The average molecular weight is 218 g/mol. The van der Waals surface area contributed by atoms with Crippen LogP contribution >= 0.6 is 23.2 Å². The number of halogens is 2. The van der Waals surface area contributed by atoms with Gasteiger partial charge in [-0.1, -0.05) is 29.3 Å². The van der Waals surface area contributed by atoms with E-state index in [2.05, 4.69) is 11.9 Å². The zero-order valence-electron chi connectivity index (χ0n) is 7.13. The van der Waals surface area contributed by atoms with E-state index in [0.717, 1.165) is 5.56 Å². The lowest BCUT2D eigenvalue weighted by molar-refractivity contribution is 0.0745. The molecule has 1 aromatic carbocycles. The predicted octanol–water partition coefficient (Wildman–Crippen LogP) is 3.69. The van der Waals surface area contributed by atoms with Gasteiger partial charge in [-0.05, 0) is 24.6 Å². The van der Waals surface area contributed by atoms with Crippen LogP contribution in [0.3, 0.4) is 0 Å². The van der Waals surface area contributed by atoms with Gasteiger partial charge in [-0.25, -0.2) is 0 Å². The van der Waals surface area contributed by atoms with Crippen molar-refractivity contribution in [3.8, 4) is 0 Å². The summed E-state index contributed by atoms with van der Waals surface area (Å²) < 4.78 is 0. The maximum atomic E-state index is 5.82. The molecule has 0 saturated heterocycles. The first-order valence-electron chi connectivity index (χ1n) is 3.72. The lowest BCUT2D eigenvalue weighted by Gasteiger charge is -2.09. The van der Waals surface area contributed by atoms with Gasteiger partial charge in [-0.15, -0.1) is 5.16 Å². The summed E-state index contributed by atoms with van der Waals surface area (Å²) in [7, 11) is 0. The minimum Gasteiger partial charge on any atom is -0.389 e. The number of nitrogens with zero attached hydrogens (tertiary/aromatic N) is 1. The molecule has 0 aliphatic carbocycles. The van der Waals surface area contributed by atoms with Crippen molar-refractivity contribution in [3.05, 3.63) is 33.8 Å². The fourth-order valence-electron chi connectivity index (χ4n) is 0.938. The Morgan fingerprint density at radius 1 is 1.38 bits per heavy atom. The van der Waals surface area contributed by atoms with E-state index in [4.69, 9.17) is 28.0 Å². The van der Waals surface area contributed by atoms with E-state index in [1.165, 1.54) is 0 Å². The third-order valence-electron chi connectivity index (χ3n) is 1.65. The molecule has 0 heterocycles. The molecule has 2 nitrogen and oxygen atoms in total. The van der Waals surface area contributed by atoms with Crippen molar-refractivity contribution >= 4 is 29.9 Å². The topological polar surface area (TPSA) is 21.6 Å². The summed E-state index contributed by atoms with van der Waals surface area (Å²) in [5, 5.41) is 4.38. The van der Waals surface area contributed by atoms with Gasteiger partial charge in [-0.3, -0.25) is 0 Å². The molecular weight excluding hydrogens is 209 g/mol. The van der Waals surface area contributed by atoms with Crippen LogP contribution in [0.15, 0.2) is 23.4 Å². The van der Waals surface area contributed by atoms with E-state index in [1.54, 1.807) is 12.1 Å². The molecule has 0 bridgehead atoms. The molecule has 0 spiro atoms. The molecule has 13 heavy (non-hydrogen) atoms. The highest BCUT2D eigenvalue weighted by atomic mass is 35.5. The number of hydrogen-bond acceptors (Lipinski definition) is 2. The number of rotatable bonds is 3. The number of oxime groups is 1. The first kappa shape index (κ1) is 10.4. The summed E-state index contributed by atoms with van der Waals surface area (Å²) in [6, 6.07) is 5.31. The lowest BCUT2D eigenvalue weighted by atomic mass is 10.1. The van der Waals surface area contributed by atoms with Crippen molar-refractivity contribution < 1.29 is 4.84 Å². The molecule has 1 unspecified atom stereocenters. The molecule has 0 fully saturated rings. The summed E-state index contributed by atoms with van der Waals surface area (Å²) in [5.41, 5.74) is 0.918. The van der Waals surface area contributed by atoms with Crippen LogP contribution in [-0.2, 0) is 4.84 Å². The predicted molar refractivity (Wildman–Crippen MR) is 55.5 cm³/mol. The van der Waals surface area contributed by atoms with Crippen molar-refractivity contribution in [3.63, 3.8) is 0 Å². The van der Waals surface area contributed by atoms with E-state index in [-0.39, 0.29) is 6.10 Å². The smallest absolute Gasteiger partial charge is 0.149 e. The molecule has 70 valence electrons. The quantitative estimate of drug-likeness (QED) is 0.560. The third-order valence-corrected chi connectivity index (χ3v) is 2.38. The van der Waals surface area contributed by atoms with Gasteiger partial charge in [0.2, 0.25) is 0 Å². The Morgan fingerprint density at radius 3 is 2.62 bits per heavy atom. The van der Waals surface area contributed by atoms with Crippen molar-refractivity contribution in [1.82, 2.24) is 0 Å². The Kier molecular flexibility index (Phi) is 3.58. The highest BCUT2D eigenvalue weighted by molar-refractivity contribution is 6.42. The van der Waals surface area contributed by atoms with Crippen LogP contribution in [0.4, 0.5) is 0 Å². The van der Waals surface area contributed by atoms with E-state index < -0.39 is 0 Å². The van der Waals surface area contributed by atoms with Crippen LogP contribution in [-0.4, -0.2) is 6.72 Å². The maximum absolute atomic E-state index is 5.82. The Balaban J connectivity index is 2.89.